The Morgan fingerprint density at radius 3 is 2.76 bits per heavy atom. The number of aromatic nitrogens is 1. The van der Waals surface area contributed by atoms with E-state index < -0.39 is 29.3 Å². The van der Waals surface area contributed by atoms with Gasteiger partial charge in [0, 0.05) is 18.0 Å². The zero-order chi connectivity index (χ0) is 18.2. The number of cyclic esters (lactones) is 1. The number of aldehydes is 1. The molecule has 1 aliphatic heterocycles. The topological polar surface area (TPSA) is 103 Å². The molecule has 0 aliphatic carbocycles. The SMILES string of the molecule is CC(C(N)=O)(c1ccc(-n2ccc(C=O)c2)c(F)c1)C1CNC(=O)O1. The van der Waals surface area contributed by atoms with Crippen LogP contribution in [-0.4, -0.2) is 35.5 Å². The van der Waals surface area contributed by atoms with Crippen molar-refractivity contribution in [2.75, 3.05) is 6.54 Å². The van der Waals surface area contributed by atoms with Crippen LogP contribution in [0.2, 0.25) is 0 Å². The summed E-state index contributed by atoms with van der Waals surface area (Å²) in [4.78, 5) is 34.1. The molecule has 3 rings (SSSR count). The molecule has 7 nitrogen and oxygen atoms in total. The smallest absolute Gasteiger partial charge is 0.407 e. The van der Waals surface area contributed by atoms with E-state index in [1.807, 2.05) is 0 Å². The summed E-state index contributed by atoms with van der Waals surface area (Å²) in [7, 11) is 0. The van der Waals surface area contributed by atoms with Gasteiger partial charge in [-0.3, -0.25) is 9.59 Å². The van der Waals surface area contributed by atoms with Gasteiger partial charge < -0.3 is 20.4 Å². The maximum Gasteiger partial charge on any atom is 0.407 e. The largest absolute Gasteiger partial charge is 0.443 e. The molecule has 2 aromatic rings. The number of halogens is 1. The number of amides is 2. The summed E-state index contributed by atoms with van der Waals surface area (Å²) in [5.41, 5.74) is 5.06. The fraction of sp³-hybridized carbons (Fsp3) is 0.235. The number of nitrogens with two attached hydrogens (primary N) is 1. The van der Waals surface area contributed by atoms with Gasteiger partial charge in [0.2, 0.25) is 5.91 Å². The molecule has 1 fully saturated rings. The third-order valence-electron chi connectivity index (χ3n) is 4.51. The van der Waals surface area contributed by atoms with E-state index >= 15 is 0 Å². The van der Waals surface area contributed by atoms with E-state index in [0.717, 1.165) is 0 Å². The van der Waals surface area contributed by atoms with Gasteiger partial charge in [-0.05, 0) is 30.7 Å². The lowest BCUT2D eigenvalue weighted by Crippen LogP contribution is -2.49. The van der Waals surface area contributed by atoms with Crippen LogP contribution in [0.1, 0.15) is 22.8 Å². The van der Waals surface area contributed by atoms with Crippen molar-refractivity contribution in [1.29, 1.82) is 0 Å². The number of hydrogen-bond donors (Lipinski definition) is 2. The van der Waals surface area contributed by atoms with Gasteiger partial charge in [0.15, 0.2) is 6.29 Å². The first kappa shape index (κ1) is 16.7. The predicted molar refractivity (Wildman–Crippen MR) is 85.9 cm³/mol. The van der Waals surface area contributed by atoms with Crippen LogP contribution in [0.4, 0.5) is 9.18 Å². The Morgan fingerprint density at radius 2 is 2.24 bits per heavy atom. The lowest BCUT2D eigenvalue weighted by atomic mass is 9.76. The van der Waals surface area contributed by atoms with E-state index in [2.05, 4.69) is 5.32 Å². The van der Waals surface area contributed by atoms with Crippen molar-refractivity contribution in [2.24, 2.45) is 5.73 Å². The van der Waals surface area contributed by atoms with Crippen LogP contribution in [-0.2, 0) is 14.9 Å². The number of benzene rings is 1. The number of primary amides is 1. The summed E-state index contributed by atoms with van der Waals surface area (Å²) < 4.78 is 21.2. The van der Waals surface area contributed by atoms with E-state index in [9.17, 15) is 18.8 Å². The summed E-state index contributed by atoms with van der Waals surface area (Å²) >= 11 is 0. The predicted octanol–water partition coefficient (Wildman–Crippen LogP) is 1.28. The number of ether oxygens (including phenoxy) is 1. The highest BCUT2D eigenvalue weighted by Crippen LogP contribution is 2.33. The van der Waals surface area contributed by atoms with Gasteiger partial charge in [-0.15, -0.1) is 0 Å². The minimum Gasteiger partial charge on any atom is -0.443 e. The Labute approximate surface area is 142 Å². The van der Waals surface area contributed by atoms with Crippen molar-refractivity contribution in [2.45, 2.75) is 18.4 Å². The number of nitrogens with one attached hydrogen (secondary N) is 1. The normalized spacial score (nSPS) is 19.0. The lowest BCUT2D eigenvalue weighted by molar-refractivity contribution is -0.126. The second kappa shape index (κ2) is 6.04. The Bertz CT molecular complexity index is 863. The summed E-state index contributed by atoms with van der Waals surface area (Å²) in [5.74, 6) is -1.33. The van der Waals surface area contributed by atoms with E-state index in [-0.39, 0.29) is 12.2 Å². The van der Waals surface area contributed by atoms with Gasteiger partial charge in [0.05, 0.1) is 12.2 Å². The third-order valence-corrected chi connectivity index (χ3v) is 4.51. The Kier molecular flexibility index (Phi) is 4.03. The number of carbonyl (C=O) groups excluding carboxylic acids is 3. The molecule has 1 aromatic heterocycles. The maximum absolute atomic E-state index is 14.6. The Hall–Kier alpha value is -3.16. The average molecular weight is 345 g/mol. The molecule has 1 saturated heterocycles. The quantitative estimate of drug-likeness (QED) is 0.797. The van der Waals surface area contributed by atoms with Crippen LogP contribution < -0.4 is 11.1 Å². The fourth-order valence-electron chi connectivity index (χ4n) is 2.87. The minimum absolute atomic E-state index is 0.0991. The zero-order valence-corrected chi connectivity index (χ0v) is 13.4. The lowest BCUT2D eigenvalue weighted by Gasteiger charge is -2.31. The highest BCUT2D eigenvalue weighted by Gasteiger charge is 2.47. The van der Waals surface area contributed by atoms with E-state index in [0.29, 0.717) is 17.4 Å². The van der Waals surface area contributed by atoms with Crippen molar-refractivity contribution in [1.82, 2.24) is 9.88 Å². The number of rotatable bonds is 5. The fourth-order valence-corrected chi connectivity index (χ4v) is 2.87. The van der Waals surface area contributed by atoms with Gasteiger partial charge in [0.1, 0.15) is 17.3 Å². The molecule has 2 atom stereocenters. The Balaban J connectivity index is 2.01. The van der Waals surface area contributed by atoms with Crippen molar-refractivity contribution in [3.05, 3.63) is 53.6 Å². The molecule has 0 radical (unpaired) electrons. The van der Waals surface area contributed by atoms with Crippen molar-refractivity contribution in [3.8, 4) is 5.69 Å². The molecule has 8 heteroatoms. The summed E-state index contributed by atoms with van der Waals surface area (Å²) in [6.07, 6.45) is 2.21. The number of carbonyl (C=O) groups is 3. The molecule has 2 heterocycles. The average Bonchev–Trinajstić information content (AvgIpc) is 3.22. The monoisotopic (exact) mass is 345 g/mol. The van der Waals surface area contributed by atoms with Gasteiger partial charge in [0.25, 0.3) is 0 Å². The zero-order valence-electron chi connectivity index (χ0n) is 13.4. The molecule has 2 amide bonds. The summed E-state index contributed by atoms with van der Waals surface area (Å²) in [6.45, 7) is 1.61. The number of alkyl carbamates (subject to hydrolysis) is 1. The highest BCUT2D eigenvalue weighted by atomic mass is 19.1. The molecule has 1 aromatic carbocycles. The molecule has 0 bridgehead atoms. The summed E-state index contributed by atoms with van der Waals surface area (Å²) in [6, 6.07) is 5.77. The van der Waals surface area contributed by atoms with Crippen molar-refractivity contribution < 1.29 is 23.5 Å². The molecule has 0 spiro atoms. The molecule has 25 heavy (non-hydrogen) atoms. The van der Waals surface area contributed by atoms with E-state index in [4.69, 9.17) is 10.5 Å². The second-order valence-corrected chi connectivity index (χ2v) is 5.98. The van der Waals surface area contributed by atoms with Crippen LogP contribution in [0, 0.1) is 5.82 Å². The Morgan fingerprint density at radius 1 is 1.48 bits per heavy atom. The number of hydrogen-bond acceptors (Lipinski definition) is 4. The standard InChI is InChI=1S/C17H16FN3O4/c1-17(15(19)23,14-7-20-16(24)25-14)11-2-3-13(12(18)6-11)21-5-4-10(8-21)9-22/h2-6,8-9,14H,7H2,1H3,(H2,19,23)(H,20,24). The van der Waals surface area contributed by atoms with Crippen LogP contribution in [0.25, 0.3) is 5.69 Å². The molecule has 1 aliphatic rings. The highest BCUT2D eigenvalue weighted by molar-refractivity contribution is 5.88. The third kappa shape index (κ3) is 2.75. The van der Waals surface area contributed by atoms with E-state index in [1.165, 1.54) is 29.8 Å². The van der Waals surface area contributed by atoms with Crippen LogP contribution in [0.5, 0.6) is 0 Å². The van der Waals surface area contributed by atoms with Crippen molar-refractivity contribution >= 4 is 18.3 Å². The minimum atomic E-state index is -1.39. The van der Waals surface area contributed by atoms with Gasteiger partial charge >= 0.3 is 6.09 Å². The van der Waals surface area contributed by atoms with Gasteiger partial charge in [-0.1, -0.05) is 6.07 Å². The van der Waals surface area contributed by atoms with Crippen LogP contribution in [0.15, 0.2) is 36.7 Å². The van der Waals surface area contributed by atoms with E-state index in [1.54, 1.807) is 18.3 Å². The van der Waals surface area contributed by atoms with Crippen molar-refractivity contribution in [3.63, 3.8) is 0 Å². The van der Waals surface area contributed by atoms with Gasteiger partial charge in [-0.2, -0.15) is 0 Å². The molecule has 3 N–H and O–H groups in total. The molecular weight excluding hydrogens is 329 g/mol. The first-order valence-electron chi connectivity index (χ1n) is 7.54. The maximum atomic E-state index is 14.6. The van der Waals surface area contributed by atoms with Crippen LogP contribution in [0.3, 0.4) is 0 Å². The van der Waals surface area contributed by atoms with Crippen LogP contribution >= 0.6 is 0 Å². The molecular formula is C17H16FN3O4. The van der Waals surface area contributed by atoms with Gasteiger partial charge in [-0.25, -0.2) is 9.18 Å². The second-order valence-electron chi connectivity index (χ2n) is 5.98. The number of nitrogens with zero attached hydrogens (tertiary/aromatic N) is 1. The summed E-state index contributed by atoms with van der Waals surface area (Å²) in [5, 5.41) is 2.46. The molecule has 2 unspecified atom stereocenters. The first-order chi connectivity index (χ1) is 11.9. The first-order valence-corrected chi connectivity index (χ1v) is 7.54. The molecule has 130 valence electrons. The molecule has 0 saturated carbocycles.